The molecule has 2 amide bonds. The molecule has 0 aliphatic carbocycles. The van der Waals surface area contributed by atoms with Crippen LogP contribution >= 0.6 is 0 Å². The Labute approximate surface area is 181 Å². The molecule has 30 heavy (non-hydrogen) atoms. The average molecular weight is 428 g/mol. The van der Waals surface area contributed by atoms with Gasteiger partial charge in [0.25, 0.3) is 0 Å². The van der Waals surface area contributed by atoms with Crippen LogP contribution in [0.1, 0.15) is 81.1 Å². The number of rotatable bonds is 0. The Hall–Kier alpha value is -1.83. The van der Waals surface area contributed by atoms with Crippen molar-refractivity contribution < 1.29 is 23.9 Å². The summed E-state index contributed by atoms with van der Waals surface area (Å²) < 4.78 is 10.6. The van der Waals surface area contributed by atoms with Crippen molar-refractivity contribution in [3.8, 4) is 0 Å². The maximum atomic E-state index is 11.8. The molecule has 0 radical (unpaired) electrons. The second-order valence-electron chi connectivity index (χ2n) is 10.3. The van der Waals surface area contributed by atoms with Crippen molar-refractivity contribution >= 4 is 18.0 Å². The molecule has 0 aromatic heterocycles. The first-order valence-electron chi connectivity index (χ1n) is 10.9. The van der Waals surface area contributed by atoms with Crippen LogP contribution in [0, 0.1) is 0 Å². The molecule has 0 spiro atoms. The number of Topliss-reactive ketones (excluding diaryl/α,β-unsaturated/α-hetero) is 1. The molecule has 2 heterocycles. The molecule has 0 aromatic rings. The van der Waals surface area contributed by atoms with Gasteiger partial charge in [0.2, 0.25) is 0 Å². The highest BCUT2D eigenvalue weighted by Crippen LogP contribution is 2.20. The third-order valence-electron chi connectivity index (χ3n) is 4.86. The molecule has 2 fully saturated rings. The molecule has 2 rings (SSSR count). The summed E-state index contributed by atoms with van der Waals surface area (Å²) in [6, 6.07) is 0.364. The van der Waals surface area contributed by atoms with Crippen LogP contribution in [0.25, 0.3) is 0 Å². The van der Waals surface area contributed by atoms with Crippen molar-refractivity contribution in [3.63, 3.8) is 0 Å². The number of nitrogens with two attached hydrogens (primary N) is 1. The van der Waals surface area contributed by atoms with Crippen LogP contribution in [-0.4, -0.2) is 70.2 Å². The van der Waals surface area contributed by atoms with Crippen molar-refractivity contribution in [1.82, 2.24) is 9.80 Å². The molecule has 0 saturated carbocycles. The minimum absolute atomic E-state index is 0.0406. The lowest BCUT2D eigenvalue weighted by Crippen LogP contribution is -2.49. The normalized spacial score (nSPS) is 25.2. The second-order valence-corrected chi connectivity index (χ2v) is 10.3. The summed E-state index contributed by atoms with van der Waals surface area (Å²) in [6.45, 7) is 16.2. The number of likely N-dealkylation sites (tertiary alicyclic amines) is 2. The Morgan fingerprint density at radius 1 is 0.900 bits per heavy atom. The quantitative estimate of drug-likeness (QED) is 0.632. The van der Waals surface area contributed by atoms with Crippen molar-refractivity contribution in [1.29, 1.82) is 0 Å². The molecule has 0 unspecified atom stereocenters. The summed E-state index contributed by atoms with van der Waals surface area (Å²) >= 11 is 0. The minimum atomic E-state index is -0.474. The van der Waals surface area contributed by atoms with Gasteiger partial charge in [-0.05, 0) is 68.2 Å². The zero-order chi connectivity index (χ0) is 23.3. The molecule has 2 N–H and O–H groups in total. The van der Waals surface area contributed by atoms with Gasteiger partial charge in [-0.25, -0.2) is 9.59 Å². The molecule has 3 atom stereocenters. The number of carbonyl (C=O) groups is 3. The molecule has 2 aliphatic heterocycles. The van der Waals surface area contributed by atoms with Gasteiger partial charge in [0, 0.05) is 44.1 Å². The number of nitrogens with zero attached hydrogens (tertiary/aromatic N) is 2. The van der Waals surface area contributed by atoms with Gasteiger partial charge in [0.15, 0.2) is 0 Å². The van der Waals surface area contributed by atoms with E-state index in [9.17, 15) is 14.4 Å². The van der Waals surface area contributed by atoms with Crippen molar-refractivity contribution in [2.75, 3.05) is 13.1 Å². The monoisotopic (exact) mass is 427 g/mol. The van der Waals surface area contributed by atoms with Gasteiger partial charge >= 0.3 is 12.2 Å². The minimum Gasteiger partial charge on any atom is -0.444 e. The molecule has 2 aliphatic rings. The SMILES string of the molecule is C[C@@H]1CC(=O)CCN1C(=O)OC(C)(C)C.C[C@@H]1C[C@H](N)CCN1C(=O)OC(C)(C)C. The number of amides is 2. The lowest BCUT2D eigenvalue weighted by molar-refractivity contribution is -0.122. The molecule has 174 valence electrons. The summed E-state index contributed by atoms with van der Waals surface area (Å²) in [5.74, 6) is 0.224. The van der Waals surface area contributed by atoms with Crippen LogP contribution in [0.5, 0.6) is 0 Å². The summed E-state index contributed by atoms with van der Waals surface area (Å²) in [5.41, 5.74) is 4.94. The standard InChI is InChI=1S/C11H22N2O2.C11H19NO3/c1-8-7-9(12)5-6-13(8)10(14)15-11(2,3)4;1-8-7-9(13)5-6-12(8)10(14)15-11(2,3)4/h8-9H,5-7,12H2,1-4H3;8H,5-7H2,1-4H3/t8-,9-;8-/m11/s1. The zero-order valence-electron chi connectivity index (χ0n) is 20.0. The molecule has 8 heteroatoms. The Morgan fingerprint density at radius 2 is 1.37 bits per heavy atom. The van der Waals surface area contributed by atoms with Gasteiger partial charge in [0.1, 0.15) is 17.0 Å². The number of piperidine rings is 2. The van der Waals surface area contributed by atoms with E-state index < -0.39 is 11.2 Å². The second kappa shape index (κ2) is 10.5. The van der Waals surface area contributed by atoms with E-state index in [0.29, 0.717) is 25.9 Å². The van der Waals surface area contributed by atoms with Crippen molar-refractivity contribution in [2.24, 2.45) is 5.73 Å². The first-order chi connectivity index (χ1) is 13.6. The lowest BCUT2D eigenvalue weighted by atomic mass is 10.00. The Morgan fingerprint density at radius 3 is 1.77 bits per heavy atom. The molecular formula is C22H41N3O5. The predicted molar refractivity (Wildman–Crippen MR) is 116 cm³/mol. The van der Waals surface area contributed by atoms with Gasteiger partial charge in [-0.15, -0.1) is 0 Å². The first-order valence-corrected chi connectivity index (χ1v) is 10.9. The zero-order valence-corrected chi connectivity index (χ0v) is 20.0. The largest absolute Gasteiger partial charge is 0.444 e. The van der Waals surface area contributed by atoms with E-state index in [1.165, 1.54) is 0 Å². The fourth-order valence-corrected chi connectivity index (χ4v) is 3.40. The number of hydrogen-bond acceptors (Lipinski definition) is 6. The van der Waals surface area contributed by atoms with Crippen molar-refractivity contribution in [2.45, 2.75) is 110 Å². The highest BCUT2D eigenvalue weighted by molar-refractivity contribution is 5.82. The summed E-state index contributed by atoms with van der Waals surface area (Å²) in [4.78, 5) is 38.1. The van der Waals surface area contributed by atoms with Gasteiger partial charge in [0.05, 0.1) is 0 Å². The van der Waals surface area contributed by atoms with E-state index in [-0.39, 0.29) is 36.1 Å². The summed E-state index contributed by atoms with van der Waals surface area (Å²) in [6.07, 6.45) is 2.08. The molecule has 2 saturated heterocycles. The summed E-state index contributed by atoms with van der Waals surface area (Å²) in [7, 11) is 0. The van der Waals surface area contributed by atoms with E-state index in [1.807, 2.05) is 55.4 Å². The van der Waals surface area contributed by atoms with Gasteiger partial charge in [-0.1, -0.05) is 0 Å². The molecule has 8 nitrogen and oxygen atoms in total. The van der Waals surface area contributed by atoms with Crippen LogP contribution in [0.2, 0.25) is 0 Å². The van der Waals surface area contributed by atoms with Crippen LogP contribution in [0.15, 0.2) is 0 Å². The van der Waals surface area contributed by atoms with Crippen molar-refractivity contribution in [3.05, 3.63) is 0 Å². The smallest absolute Gasteiger partial charge is 0.410 e. The van der Waals surface area contributed by atoms with Gasteiger partial charge in [-0.3, -0.25) is 4.79 Å². The maximum Gasteiger partial charge on any atom is 0.410 e. The topological polar surface area (TPSA) is 102 Å². The predicted octanol–water partition coefficient (Wildman–Crippen LogP) is 3.71. The van der Waals surface area contributed by atoms with Crippen LogP contribution in [-0.2, 0) is 14.3 Å². The van der Waals surface area contributed by atoms with Gasteiger partial charge in [-0.2, -0.15) is 0 Å². The lowest BCUT2D eigenvalue weighted by Gasteiger charge is -2.37. The highest BCUT2D eigenvalue weighted by Gasteiger charge is 2.31. The van der Waals surface area contributed by atoms with E-state index in [4.69, 9.17) is 15.2 Å². The highest BCUT2D eigenvalue weighted by atomic mass is 16.6. The third-order valence-corrected chi connectivity index (χ3v) is 4.86. The van der Waals surface area contributed by atoms with E-state index in [0.717, 1.165) is 12.8 Å². The Balaban J connectivity index is 0.000000300. The van der Waals surface area contributed by atoms with E-state index >= 15 is 0 Å². The Bertz CT molecular complexity index is 609. The maximum absolute atomic E-state index is 11.8. The molecule has 0 aromatic carbocycles. The molecular weight excluding hydrogens is 386 g/mol. The fraction of sp³-hybridized carbons (Fsp3) is 0.864. The van der Waals surface area contributed by atoms with Crippen LogP contribution < -0.4 is 5.73 Å². The number of ketones is 1. The number of ether oxygens (including phenoxy) is 2. The van der Waals surface area contributed by atoms with Crippen LogP contribution in [0.3, 0.4) is 0 Å². The molecule has 0 bridgehead atoms. The van der Waals surface area contributed by atoms with E-state index in [2.05, 4.69) is 0 Å². The first kappa shape index (κ1) is 26.2. The number of carbonyl (C=O) groups excluding carboxylic acids is 3. The Kier molecular flexibility index (Phi) is 9.14. The van der Waals surface area contributed by atoms with Gasteiger partial charge < -0.3 is 25.0 Å². The summed E-state index contributed by atoms with van der Waals surface area (Å²) in [5, 5.41) is 0. The van der Waals surface area contributed by atoms with Crippen LogP contribution in [0.4, 0.5) is 9.59 Å². The average Bonchev–Trinajstić information content (AvgIpc) is 2.51. The number of hydrogen-bond donors (Lipinski definition) is 1. The fourth-order valence-electron chi connectivity index (χ4n) is 3.40. The third kappa shape index (κ3) is 9.32. The van der Waals surface area contributed by atoms with E-state index in [1.54, 1.807) is 9.80 Å².